The van der Waals surface area contributed by atoms with Crippen LogP contribution in [0.3, 0.4) is 0 Å². The number of oxime groups is 1. The molecule has 0 aliphatic heterocycles. The van der Waals surface area contributed by atoms with E-state index in [2.05, 4.69) is 23.9 Å². The number of halogens is 1. The Hall–Kier alpha value is -1.62. The Morgan fingerprint density at radius 2 is 2.16 bits per heavy atom. The van der Waals surface area contributed by atoms with Gasteiger partial charge in [-0.05, 0) is 36.7 Å². The van der Waals surface area contributed by atoms with Gasteiger partial charge in [0.1, 0.15) is 5.82 Å². The van der Waals surface area contributed by atoms with Gasteiger partial charge in [-0.25, -0.2) is 4.39 Å². The lowest BCUT2D eigenvalue weighted by Crippen LogP contribution is -2.24. The first-order chi connectivity index (χ1) is 8.96. The number of rotatable bonds is 6. The van der Waals surface area contributed by atoms with E-state index in [9.17, 15) is 4.39 Å². The summed E-state index contributed by atoms with van der Waals surface area (Å²) >= 11 is 0. The molecule has 1 aromatic carbocycles. The third-order valence-electron chi connectivity index (χ3n) is 3.13. The SMILES string of the molecule is CCC(C)CN(C)Cc1cc(F)cc(/C(N)=N/O)c1. The number of hydrogen-bond donors (Lipinski definition) is 2. The van der Waals surface area contributed by atoms with Crippen LogP contribution in [0.1, 0.15) is 31.4 Å². The molecular formula is C14H22FN3O. The van der Waals surface area contributed by atoms with Gasteiger partial charge in [0, 0.05) is 18.7 Å². The first-order valence-electron chi connectivity index (χ1n) is 6.42. The number of amidine groups is 1. The Bertz CT molecular complexity index is 448. The zero-order chi connectivity index (χ0) is 14.4. The zero-order valence-electron chi connectivity index (χ0n) is 11.7. The molecule has 0 saturated carbocycles. The smallest absolute Gasteiger partial charge is 0.170 e. The molecule has 1 rings (SSSR count). The molecule has 0 radical (unpaired) electrons. The molecule has 0 fully saturated rings. The summed E-state index contributed by atoms with van der Waals surface area (Å²) in [6, 6.07) is 4.47. The summed E-state index contributed by atoms with van der Waals surface area (Å²) < 4.78 is 13.5. The minimum Gasteiger partial charge on any atom is -0.409 e. The molecule has 0 heterocycles. The van der Waals surface area contributed by atoms with E-state index in [0.29, 0.717) is 18.0 Å². The molecule has 0 aromatic heterocycles. The second-order valence-electron chi connectivity index (χ2n) is 5.04. The van der Waals surface area contributed by atoms with Crippen molar-refractivity contribution < 1.29 is 9.60 Å². The van der Waals surface area contributed by atoms with Gasteiger partial charge in [0.05, 0.1) is 0 Å². The molecule has 1 unspecified atom stereocenters. The van der Waals surface area contributed by atoms with Crippen molar-refractivity contribution in [1.82, 2.24) is 4.90 Å². The van der Waals surface area contributed by atoms with Gasteiger partial charge in [0.2, 0.25) is 0 Å². The first kappa shape index (κ1) is 15.4. The second-order valence-corrected chi connectivity index (χ2v) is 5.04. The van der Waals surface area contributed by atoms with Crippen molar-refractivity contribution in [3.05, 3.63) is 35.1 Å². The van der Waals surface area contributed by atoms with E-state index in [1.165, 1.54) is 12.1 Å². The van der Waals surface area contributed by atoms with Gasteiger partial charge in [0.15, 0.2) is 5.84 Å². The van der Waals surface area contributed by atoms with E-state index >= 15 is 0 Å². The van der Waals surface area contributed by atoms with Crippen molar-refractivity contribution in [2.24, 2.45) is 16.8 Å². The summed E-state index contributed by atoms with van der Waals surface area (Å²) in [4.78, 5) is 2.14. The first-order valence-corrected chi connectivity index (χ1v) is 6.42. The van der Waals surface area contributed by atoms with Crippen molar-refractivity contribution in [2.75, 3.05) is 13.6 Å². The minimum atomic E-state index is -0.379. The maximum absolute atomic E-state index is 13.5. The standard InChI is InChI=1S/C14H22FN3O/c1-4-10(2)8-18(3)9-11-5-12(14(16)17-19)7-13(15)6-11/h5-7,10,19H,4,8-9H2,1-3H3,(H2,16,17). The molecule has 4 nitrogen and oxygen atoms in total. The Kier molecular flexibility index (Phi) is 5.76. The molecule has 0 aliphatic carbocycles. The quantitative estimate of drug-likeness (QED) is 0.360. The lowest BCUT2D eigenvalue weighted by molar-refractivity contribution is 0.275. The monoisotopic (exact) mass is 267 g/mol. The molecule has 1 atom stereocenters. The van der Waals surface area contributed by atoms with Crippen LogP contribution in [0.25, 0.3) is 0 Å². The minimum absolute atomic E-state index is 0.0784. The van der Waals surface area contributed by atoms with Crippen LogP contribution in [-0.4, -0.2) is 29.5 Å². The average Bonchev–Trinajstić information content (AvgIpc) is 2.36. The maximum Gasteiger partial charge on any atom is 0.170 e. The molecule has 106 valence electrons. The van der Waals surface area contributed by atoms with Crippen LogP contribution in [0.5, 0.6) is 0 Å². The fourth-order valence-corrected chi connectivity index (χ4v) is 1.98. The molecule has 0 saturated heterocycles. The third kappa shape index (κ3) is 4.87. The van der Waals surface area contributed by atoms with Gasteiger partial charge >= 0.3 is 0 Å². The molecule has 1 aromatic rings. The van der Waals surface area contributed by atoms with Crippen LogP contribution in [0, 0.1) is 11.7 Å². The highest BCUT2D eigenvalue weighted by Gasteiger charge is 2.09. The molecule has 0 aliphatic rings. The summed E-state index contributed by atoms with van der Waals surface area (Å²) in [6.45, 7) is 5.92. The predicted molar refractivity (Wildman–Crippen MR) is 74.7 cm³/mol. The van der Waals surface area contributed by atoms with Crippen LogP contribution in [0.4, 0.5) is 4.39 Å². The molecule has 3 N–H and O–H groups in total. The fraction of sp³-hybridized carbons (Fsp3) is 0.500. The number of benzene rings is 1. The molecular weight excluding hydrogens is 245 g/mol. The van der Waals surface area contributed by atoms with Gasteiger partial charge in [-0.1, -0.05) is 25.4 Å². The van der Waals surface area contributed by atoms with Gasteiger partial charge < -0.3 is 15.8 Å². The van der Waals surface area contributed by atoms with E-state index in [4.69, 9.17) is 10.9 Å². The average molecular weight is 267 g/mol. The fourth-order valence-electron chi connectivity index (χ4n) is 1.98. The van der Waals surface area contributed by atoms with Gasteiger partial charge in [-0.3, -0.25) is 0 Å². The predicted octanol–water partition coefficient (Wildman–Crippen LogP) is 2.40. The Morgan fingerprint density at radius 1 is 1.47 bits per heavy atom. The summed E-state index contributed by atoms with van der Waals surface area (Å²) in [5.41, 5.74) is 6.69. The largest absolute Gasteiger partial charge is 0.409 e. The van der Waals surface area contributed by atoms with Crippen molar-refractivity contribution in [1.29, 1.82) is 0 Å². The molecule has 0 spiro atoms. The molecule has 0 amide bonds. The summed E-state index contributed by atoms with van der Waals surface area (Å²) in [7, 11) is 2.00. The Morgan fingerprint density at radius 3 is 2.74 bits per heavy atom. The summed E-state index contributed by atoms with van der Waals surface area (Å²) in [6.07, 6.45) is 1.11. The van der Waals surface area contributed by atoms with Crippen LogP contribution < -0.4 is 5.73 Å². The number of nitrogens with two attached hydrogens (primary N) is 1. The van der Waals surface area contributed by atoms with Crippen molar-refractivity contribution in [3.8, 4) is 0 Å². The van der Waals surface area contributed by atoms with Crippen molar-refractivity contribution in [3.63, 3.8) is 0 Å². The Labute approximate surface area is 113 Å². The van der Waals surface area contributed by atoms with E-state index in [0.717, 1.165) is 18.5 Å². The van der Waals surface area contributed by atoms with Crippen molar-refractivity contribution in [2.45, 2.75) is 26.8 Å². The second kappa shape index (κ2) is 7.09. The zero-order valence-corrected chi connectivity index (χ0v) is 11.7. The molecule has 19 heavy (non-hydrogen) atoms. The van der Waals surface area contributed by atoms with Gasteiger partial charge in [-0.15, -0.1) is 0 Å². The lowest BCUT2D eigenvalue weighted by Gasteiger charge is -2.20. The van der Waals surface area contributed by atoms with E-state index < -0.39 is 0 Å². The van der Waals surface area contributed by atoms with E-state index in [-0.39, 0.29) is 11.7 Å². The Balaban J connectivity index is 2.81. The van der Waals surface area contributed by atoms with Crippen LogP contribution in [-0.2, 0) is 6.54 Å². The van der Waals surface area contributed by atoms with E-state index in [1.54, 1.807) is 6.07 Å². The van der Waals surface area contributed by atoms with Crippen LogP contribution >= 0.6 is 0 Å². The highest BCUT2D eigenvalue weighted by molar-refractivity contribution is 5.97. The summed E-state index contributed by atoms with van der Waals surface area (Å²) in [5.74, 6) is 0.142. The third-order valence-corrected chi connectivity index (χ3v) is 3.13. The van der Waals surface area contributed by atoms with E-state index in [1.807, 2.05) is 7.05 Å². The van der Waals surface area contributed by atoms with Crippen LogP contribution in [0.15, 0.2) is 23.4 Å². The molecule has 5 heteroatoms. The van der Waals surface area contributed by atoms with Crippen LogP contribution in [0.2, 0.25) is 0 Å². The van der Waals surface area contributed by atoms with Gasteiger partial charge in [0.25, 0.3) is 0 Å². The number of nitrogens with zero attached hydrogens (tertiary/aromatic N) is 2. The normalized spacial score (nSPS) is 13.8. The lowest BCUT2D eigenvalue weighted by atomic mass is 10.1. The summed E-state index contributed by atoms with van der Waals surface area (Å²) in [5, 5.41) is 11.5. The number of hydrogen-bond acceptors (Lipinski definition) is 3. The highest BCUT2D eigenvalue weighted by atomic mass is 19.1. The van der Waals surface area contributed by atoms with Gasteiger partial charge in [-0.2, -0.15) is 0 Å². The highest BCUT2D eigenvalue weighted by Crippen LogP contribution is 2.12. The molecule has 0 bridgehead atoms. The topological polar surface area (TPSA) is 61.8 Å². The van der Waals surface area contributed by atoms with Crippen molar-refractivity contribution >= 4 is 5.84 Å². The maximum atomic E-state index is 13.5.